The lowest BCUT2D eigenvalue weighted by Gasteiger charge is -2.16. The molecule has 0 atom stereocenters. The van der Waals surface area contributed by atoms with Gasteiger partial charge in [-0.2, -0.15) is 10.1 Å². The second kappa shape index (κ2) is 10.7. The van der Waals surface area contributed by atoms with Crippen LogP contribution in [0.5, 0.6) is 11.5 Å². The summed E-state index contributed by atoms with van der Waals surface area (Å²) in [6.07, 6.45) is 1.34. The molecule has 5 nitrogen and oxygen atoms in total. The normalized spacial score (nSPS) is 14.4. The predicted molar refractivity (Wildman–Crippen MR) is 136 cm³/mol. The van der Waals surface area contributed by atoms with Crippen molar-refractivity contribution in [3.63, 3.8) is 0 Å². The van der Waals surface area contributed by atoms with Gasteiger partial charge >= 0.3 is 0 Å². The molecule has 3 aromatic carbocycles. The molecule has 3 aromatic rings. The quantitative estimate of drug-likeness (QED) is 0.0949. The van der Waals surface area contributed by atoms with Gasteiger partial charge in [-0.15, -0.1) is 0 Å². The van der Waals surface area contributed by atoms with Crippen molar-refractivity contribution in [3.05, 3.63) is 90.8 Å². The predicted octanol–water partition coefficient (Wildman–Crippen LogP) is 7.03. The van der Waals surface area contributed by atoms with Crippen LogP contribution in [0.2, 0.25) is 5.02 Å². The minimum atomic E-state index is -2.34. The van der Waals surface area contributed by atoms with Crippen molar-refractivity contribution < 1.29 is 36.2 Å². The fourth-order valence-corrected chi connectivity index (χ4v) is 4.25. The highest BCUT2D eigenvalue weighted by atomic mass is 127. The monoisotopic (exact) mass is 648 g/mol. The van der Waals surface area contributed by atoms with Crippen LogP contribution in [0.4, 0.5) is 27.6 Å². The maximum absolute atomic E-state index is 14.4. The van der Waals surface area contributed by atoms with Gasteiger partial charge in [0.15, 0.2) is 34.8 Å². The SMILES string of the molecule is COc1cc(I)cc(/C=C2\C(=O)N(c3c(F)c(F)c(F)c(F)c3F)N=C2C)c1OCc1ccc(Cl)cc1. The summed E-state index contributed by atoms with van der Waals surface area (Å²) in [4.78, 5) is 13.1. The lowest BCUT2D eigenvalue weighted by atomic mass is 10.1. The molecule has 1 aliphatic heterocycles. The highest BCUT2D eigenvalue weighted by molar-refractivity contribution is 14.1. The lowest BCUT2D eigenvalue weighted by Crippen LogP contribution is -2.25. The zero-order valence-electron chi connectivity index (χ0n) is 19.0. The number of hydrogen-bond donors (Lipinski definition) is 0. The summed E-state index contributed by atoms with van der Waals surface area (Å²) in [6, 6.07) is 10.3. The van der Waals surface area contributed by atoms with Crippen molar-refractivity contribution in [1.82, 2.24) is 0 Å². The molecule has 0 N–H and O–H groups in total. The first-order valence-electron chi connectivity index (χ1n) is 10.4. The molecule has 0 fully saturated rings. The number of amides is 1. The van der Waals surface area contributed by atoms with Crippen LogP contribution in [0.25, 0.3) is 6.08 Å². The maximum atomic E-state index is 14.4. The van der Waals surface area contributed by atoms with E-state index in [2.05, 4.69) is 5.10 Å². The van der Waals surface area contributed by atoms with Crippen LogP contribution in [-0.2, 0) is 11.4 Å². The van der Waals surface area contributed by atoms with Crippen molar-refractivity contribution in [1.29, 1.82) is 0 Å². The highest BCUT2D eigenvalue weighted by Gasteiger charge is 2.37. The molecule has 0 unspecified atom stereocenters. The van der Waals surface area contributed by atoms with Crippen molar-refractivity contribution in [2.24, 2.45) is 5.10 Å². The summed E-state index contributed by atoms with van der Waals surface area (Å²) in [5.74, 6) is -11.6. The number of anilines is 1. The fraction of sp³-hybridized carbons (Fsp3) is 0.120. The van der Waals surface area contributed by atoms with Gasteiger partial charge in [-0.25, -0.2) is 22.0 Å². The number of methoxy groups -OCH3 is 1. The topological polar surface area (TPSA) is 51.1 Å². The number of carbonyl (C=O) groups excluding carboxylic acids is 1. The lowest BCUT2D eigenvalue weighted by molar-refractivity contribution is -0.114. The Hall–Kier alpha value is -3.19. The third-order valence-corrected chi connectivity index (χ3v) is 6.20. The molecule has 0 aliphatic carbocycles. The minimum Gasteiger partial charge on any atom is -0.493 e. The number of benzene rings is 3. The Bertz CT molecular complexity index is 1450. The third kappa shape index (κ3) is 5.14. The summed E-state index contributed by atoms with van der Waals surface area (Å²) < 4.78 is 81.8. The van der Waals surface area contributed by atoms with Gasteiger partial charge in [0, 0.05) is 14.2 Å². The number of hydrazone groups is 1. The van der Waals surface area contributed by atoms with Crippen molar-refractivity contribution in [2.75, 3.05) is 12.1 Å². The van der Waals surface area contributed by atoms with Crippen LogP contribution in [0.15, 0.2) is 47.1 Å². The van der Waals surface area contributed by atoms with E-state index >= 15 is 0 Å². The molecule has 1 amide bonds. The Labute approximate surface area is 226 Å². The zero-order valence-corrected chi connectivity index (χ0v) is 21.9. The summed E-state index contributed by atoms with van der Waals surface area (Å²) >= 11 is 7.94. The van der Waals surface area contributed by atoms with Gasteiger partial charge in [0.2, 0.25) is 5.82 Å². The average molecular weight is 649 g/mol. The Morgan fingerprint density at radius 2 is 1.59 bits per heavy atom. The summed E-state index contributed by atoms with van der Waals surface area (Å²) in [6.45, 7) is 1.47. The number of rotatable bonds is 6. The van der Waals surface area contributed by atoms with Crippen molar-refractivity contribution in [2.45, 2.75) is 13.5 Å². The van der Waals surface area contributed by atoms with Crippen molar-refractivity contribution >= 4 is 57.6 Å². The van der Waals surface area contributed by atoms with E-state index in [0.29, 0.717) is 19.9 Å². The Morgan fingerprint density at radius 1 is 1.00 bits per heavy atom. The average Bonchev–Trinajstić information content (AvgIpc) is 3.14. The van der Waals surface area contributed by atoms with Crippen LogP contribution in [0.1, 0.15) is 18.1 Å². The molecule has 1 heterocycles. The maximum Gasteiger partial charge on any atom is 0.280 e. The van der Waals surface area contributed by atoms with Gasteiger partial charge in [0.05, 0.1) is 18.4 Å². The fourth-order valence-electron chi connectivity index (χ4n) is 3.51. The van der Waals surface area contributed by atoms with Gasteiger partial charge in [-0.05, 0) is 65.4 Å². The number of ether oxygens (including phenoxy) is 2. The number of halogens is 7. The number of hydrogen-bond acceptors (Lipinski definition) is 4. The molecule has 192 valence electrons. The smallest absolute Gasteiger partial charge is 0.280 e. The van der Waals surface area contributed by atoms with Crippen LogP contribution >= 0.6 is 34.2 Å². The van der Waals surface area contributed by atoms with E-state index in [1.54, 1.807) is 36.4 Å². The second-order valence-electron chi connectivity index (χ2n) is 7.72. The van der Waals surface area contributed by atoms with Gasteiger partial charge < -0.3 is 9.47 Å². The molecule has 4 rings (SSSR count). The number of nitrogens with zero attached hydrogens (tertiary/aromatic N) is 2. The van der Waals surface area contributed by atoms with Crippen LogP contribution in [0.3, 0.4) is 0 Å². The summed E-state index contributed by atoms with van der Waals surface area (Å²) in [5.41, 5.74) is -0.492. The standard InChI is InChI=1S/C25H15ClF5IN2O3/c1-11-16(25(35)34(33-11)23-21(30)19(28)18(27)20(29)22(23)31)8-13-7-15(32)9-17(36-2)24(13)37-10-12-3-5-14(26)6-4-12/h3-9H,10H2,1-2H3/b16-8-. The zero-order chi connectivity index (χ0) is 27.0. The molecule has 1 aliphatic rings. The Balaban J connectivity index is 1.75. The molecule has 0 spiro atoms. The van der Waals surface area contributed by atoms with E-state index in [1.807, 2.05) is 22.6 Å². The van der Waals surface area contributed by atoms with E-state index < -0.39 is 40.7 Å². The number of carbonyl (C=O) groups is 1. The van der Waals surface area contributed by atoms with E-state index in [0.717, 1.165) is 5.56 Å². The molecule has 12 heteroatoms. The summed E-state index contributed by atoms with van der Waals surface area (Å²) in [5, 5.41) is 4.46. The first-order valence-corrected chi connectivity index (χ1v) is 11.9. The van der Waals surface area contributed by atoms with Gasteiger partial charge in [-0.1, -0.05) is 23.7 Å². The van der Waals surface area contributed by atoms with E-state index in [4.69, 9.17) is 21.1 Å². The largest absolute Gasteiger partial charge is 0.493 e. The van der Waals surface area contributed by atoms with Crippen LogP contribution < -0.4 is 14.5 Å². The van der Waals surface area contributed by atoms with Gasteiger partial charge in [-0.3, -0.25) is 4.79 Å². The molecule has 0 bridgehead atoms. The van der Waals surface area contributed by atoms with Gasteiger partial charge in [0.1, 0.15) is 12.3 Å². The molecule has 0 saturated heterocycles. The Kier molecular flexibility index (Phi) is 7.74. The molecule has 37 heavy (non-hydrogen) atoms. The van der Waals surface area contributed by atoms with E-state index in [1.165, 1.54) is 20.1 Å². The van der Waals surface area contributed by atoms with E-state index in [9.17, 15) is 26.7 Å². The second-order valence-corrected chi connectivity index (χ2v) is 9.40. The minimum absolute atomic E-state index is 0.0181. The third-order valence-electron chi connectivity index (χ3n) is 5.33. The van der Waals surface area contributed by atoms with Crippen molar-refractivity contribution in [3.8, 4) is 11.5 Å². The molecule has 0 saturated carbocycles. The molecule has 0 radical (unpaired) electrons. The summed E-state index contributed by atoms with van der Waals surface area (Å²) in [7, 11) is 1.43. The van der Waals surface area contributed by atoms with Gasteiger partial charge in [0.25, 0.3) is 5.91 Å². The van der Waals surface area contributed by atoms with Crippen LogP contribution in [-0.4, -0.2) is 18.7 Å². The Morgan fingerprint density at radius 3 is 2.19 bits per heavy atom. The highest BCUT2D eigenvalue weighted by Crippen LogP contribution is 2.38. The van der Waals surface area contributed by atoms with E-state index in [-0.39, 0.29) is 28.7 Å². The molecular formula is C25H15ClF5IN2O3. The van der Waals surface area contributed by atoms with Crippen LogP contribution in [0, 0.1) is 32.7 Å². The molecule has 0 aromatic heterocycles. The molecular weight excluding hydrogens is 634 g/mol. The first-order chi connectivity index (χ1) is 17.5. The first kappa shape index (κ1) is 26.9.